The number of piperidine rings is 1. The molecule has 166 valence electrons. The molecular formula is C25H32N2O4. The van der Waals surface area contributed by atoms with E-state index in [1.807, 2.05) is 24.3 Å². The Morgan fingerprint density at radius 2 is 1.87 bits per heavy atom. The lowest BCUT2D eigenvalue weighted by atomic mass is 9.69. The maximum atomic E-state index is 12.3. The minimum atomic E-state index is -0.102. The molecule has 2 fully saturated rings. The zero-order chi connectivity index (χ0) is 21.8. The number of hydrogen-bond acceptors (Lipinski definition) is 6. The second kappa shape index (κ2) is 9.71. The molecule has 0 aromatic heterocycles. The van der Waals surface area contributed by atoms with E-state index in [2.05, 4.69) is 34.9 Å². The lowest BCUT2D eigenvalue weighted by molar-refractivity contribution is -0.149. The summed E-state index contributed by atoms with van der Waals surface area (Å²) in [5.41, 5.74) is 2.30. The van der Waals surface area contributed by atoms with Gasteiger partial charge in [-0.15, -0.1) is 0 Å². The number of esters is 1. The summed E-state index contributed by atoms with van der Waals surface area (Å²) in [5, 5.41) is 7.60. The average molecular weight is 425 g/mol. The van der Waals surface area contributed by atoms with Gasteiger partial charge in [0.25, 0.3) is 0 Å². The number of benzene rings is 2. The van der Waals surface area contributed by atoms with Crippen molar-refractivity contribution in [1.29, 1.82) is 0 Å². The Bertz CT molecular complexity index is 888. The predicted molar refractivity (Wildman–Crippen MR) is 119 cm³/mol. The Morgan fingerprint density at radius 3 is 2.58 bits per heavy atom. The molecule has 5 unspecified atom stereocenters. The lowest BCUT2D eigenvalue weighted by Gasteiger charge is -2.49. The quantitative estimate of drug-likeness (QED) is 0.664. The Balaban J connectivity index is 1.58. The van der Waals surface area contributed by atoms with Gasteiger partial charge in [0, 0.05) is 30.2 Å². The van der Waals surface area contributed by atoms with Gasteiger partial charge in [-0.2, -0.15) is 0 Å². The summed E-state index contributed by atoms with van der Waals surface area (Å²) in [6.07, 6.45) is 2.83. The average Bonchev–Trinajstić information content (AvgIpc) is 2.83. The Morgan fingerprint density at radius 1 is 1.06 bits per heavy atom. The number of fused-ring (bicyclic) bond motifs is 2. The number of ether oxygens (including phenoxy) is 3. The molecule has 1 saturated heterocycles. The molecule has 2 aliphatic rings. The van der Waals surface area contributed by atoms with E-state index in [0.29, 0.717) is 12.5 Å². The van der Waals surface area contributed by atoms with Crippen LogP contribution in [0.25, 0.3) is 0 Å². The van der Waals surface area contributed by atoms with E-state index in [1.54, 1.807) is 14.2 Å². The van der Waals surface area contributed by atoms with Crippen molar-refractivity contribution in [1.82, 2.24) is 10.6 Å². The molecule has 6 nitrogen and oxygen atoms in total. The van der Waals surface area contributed by atoms with Crippen molar-refractivity contribution >= 4 is 5.97 Å². The van der Waals surface area contributed by atoms with Crippen molar-refractivity contribution < 1.29 is 19.0 Å². The molecule has 6 heteroatoms. The molecule has 1 saturated carbocycles. The van der Waals surface area contributed by atoms with Gasteiger partial charge in [0.2, 0.25) is 0 Å². The van der Waals surface area contributed by atoms with Crippen LogP contribution in [0.15, 0.2) is 48.5 Å². The van der Waals surface area contributed by atoms with Crippen LogP contribution in [0.3, 0.4) is 0 Å². The molecule has 2 aromatic carbocycles. The van der Waals surface area contributed by atoms with E-state index in [1.165, 1.54) is 12.7 Å². The summed E-state index contributed by atoms with van der Waals surface area (Å²) in [5.74, 6) is 1.97. The van der Waals surface area contributed by atoms with Gasteiger partial charge < -0.3 is 24.8 Å². The van der Waals surface area contributed by atoms with E-state index < -0.39 is 0 Å². The minimum absolute atomic E-state index is 0.0770. The molecule has 5 atom stereocenters. The third-order valence-electron chi connectivity index (χ3n) is 6.83. The second-order valence-corrected chi connectivity index (χ2v) is 8.45. The van der Waals surface area contributed by atoms with Crippen molar-refractivity contribution in [3.8, 4) is 11.5 Å². The van der Waals surface area contributed by atoms with Gasteiger partial charge in [-0.1, -0.05) is 30.3 Å². The molecule has 31 heavy (non-hydrogen) atoms. The van der Waals surface area contributed by atoms with Crippen LogP contribution in [-0.4, -0.2) is 39.4 Å². The fourth-order valence-electron chi connectivity index (χ4n) is 5.25. The summed E-state index contributed by atoms with van der Waals surface area (Å²) >= 11 is 0. The molecule has 0 amide bonds. The van der Waals surface area contributed by atoms with E-state index >= 15 is 0 Å². The number of hydrogen-bond donors (Lipinski definition) is 2. The van der Waals surface area contributed by atoms with Crippen LogP contribution in [0.4, 0.5) is 0 Å². The molecule has 2 N–H and O–H groups in total. The fraction of sp³-hybridized carbons (Fsp3) is 0.480. The number of nitrogens with one attached hydrogen (secondary N) is 2. The topological polar surface area (TPSA) is 68.8 Å². The highest BCUT2D eigenvalue weighted by Gasteiger charge is 2.46. The van der Waals surface area contributed by atoms with E-state index in [-0.39, 0.29) is 30.0 Å². The summed E-state index contributed by atoms with van der Waals surface area (Å²) < 4.78 is 16.1. The van der Waals surface area contributed by atoms with Crippen LogP contribution in [0.2, 0.25) is 0 Å². The van der Waals surface area contributed by atoms with Crippen molar-refractivity contribution in [2.75, 3.05) is 21.3 Å². The van der Waals surface area contributed by atoms with Crippen molar-refractivity contribution in [3.05, 3.63) is 59.7 Å². The lowest BCUT2D eigenvalue weighted by Crippen LogP contribution is -2.60. The van der Waals surface area contributed by atoms with Gasteiger partial charge in [0.1, 0.15) is 11.5 Å². The van der Waals surface area contributed by atoms with Crippen LogP contribution >= 0.6 is 0 Å². The predicted octanol–water partition coefficient (Wildman–Crippen LogP) is 3.46. The van der Waals surface area contributed by atoms with Gasteiger partial charge in [0.05, 0.1) is 27.2 Å². The molecule has 2 aromatic rings. The third kappa shape index (κ3) is 4.55. The zero-order valence-corrected chi connectivity index (χ0v) is 18.5. The SMILES string of the molecule is COC(=O)C1CCC2CC1NC(c1ccccc1)C2NCc1cc(OC)ccc1OC. The molecule has 2 bridgehead atoms. The highest BCUT2D eigenvalue weighted by atomic mass is 16.5. The Hall–Kier alpha value is -2.57. The first-order chi connectivity index (χ1) is 15.1. The molecular weight excluding hydrogens is 392 g/mol. The minimum Gasteiger partial charge on any atom is -0.497 e. The maximum Gasteiger partial charge on any atom is 0.310 e. The van der Waals surface area contributed by atoms with Crippen LogP contribution in [-0.2, 0) is 16.1 Å². The van der Waals surface area contributed by atoms with Crippen LogP contribution in [0, 0.1) is 11.8 Å². The van der Waals surface area contributed by atoms with Gasteiger partial charge in [-0.25, -0.2) is 0 Å². The van der Waals surface area contributed by atoms with Crippen LogP contribution in [0.5, 0.6) is 11.5 Å². The number of methoxy groups -OCH3 is 3. The second-order valence-electron chi connectivity index (χ2n) is 8.45. The zero-order valence-electron chi connectivity index (χ0n) is 18.5. The van der Waals surface area contributed by atoms with Gasteiger partial charge in [0.15, 0.2) is 0 Å². The smallest absolute Gasteiger partial charge is 0.310 e. The molecule has 1 heterocycles. The van der Waals surface area contributed by atoms with Crippen LogP contribution in [0.1, 0.15) is 36.4 Å². The maximum absolute atomic E-state index is 12.3. The van der Waals surface area contributed by atoms with Crippen LogP contribution < -0.4 is 20.1 Å². The highest BCUT2D eigenvalue weighted by molar-refractivity contribution is 5.73. The summed E-state index contributed by atoms with van der Waals surface area (Å²) in [6, 6.07) is 16.9. The largest absolute Gasteiger partial charge is 0.497 e. The standard InChI is InChI=1S/C25H32N2O4/c1-29-19-10-12-22(30-2)18(13-19)15-26-23-17-9-11-20(25(28)31-3)21(14-17)27-24(23)16-7-5-4-6-8-16/h4-8,10,12-13,17,20-21,23-24,26-27H,9,11,14-15H2,1-3H3. The Kier molecular flexibility index (Phi) is 6.78. The van der Waals surface area contributed by atoms with Gasteiger partial charge >= 0.3 is 5.97 Å². The first-order valence-corrected chi connectivity index (χ1v) is 11.0. The van der Waals surface area contributed by atoms with E-state index in [4.69, 9.17) is 14.2 Å². The number of carbonyl (C=O) groups excluding carboxylic acids is 1. The van der Waals surface area contributed by atoms with E-state index in [9.17, 15) is 4.79 Å². The third-order valence-corrected chi connectivity index (χ3v) is 6.83. The molecule has 1 aliphatic carbocycles. The van der Waals surface area contributed by atoms with E-state index in [0.717, 1.165) is 36.3 Å². The summed E-state index contributed by atoms with van der Waals surface area (Å²) in [6.45, 7) is 0.678. The number of carbonyl (C=O) groups is 1. The van der Waals surface area contributed by atoms with Crippen molar-refractivity contribution in [3.63, 3.8) is 0 Å². The monoisotopic (exact) mass is 424 g/mol. The van der Waals surface area contributed by atoms with Gasteiger partial charge in [-0.3, -0.25) is 4.79 Å². The Labute approximate surface area is 184 Å². The summed E-state index contributed by atoms with van der Waals surface area (Å²) in [7, 11) is 4.85. The number of rotatable bonds is 7. The molecule has 0 radical (unpaired) electrons. The first kappa shape index (κ1) is 21.7. The fourth-order valence-corrected chi connectivity index (χ4v) is 5.25. The van der Waals surface area contributed by atoms with Gasteiger partial charge in [-0.05, 0) is 48.9 Å². The summed E-state index contributed by atoms with van der Waals surface area (Å²) in [4.78, 5) is 12.3. The van der Waals surface area contributed by atoms with Crippen molar-refractivity contribution in [2.45, 2.75) is 43.9 Å². The highest BCUT2D eigenvalue weighted by Crippen LogP contribution is 2.41. The molecule has 0 spiro atoms. The molecule has 4 rings (SSSR count). The van der Waals surface area contributed by atoms with Crippen molar-refractivity contribution in [2.24, 2.45) is 11.8 Å². The molecule has 1 aliphatic heterocycles. The first-order valence-electron chi connectivity index (χ1n) is 11.0. The normalized spacial score (nSPS) is 27.4.